The zero-order chi connectivity index (χ0) is 17.4. The Morgan fingerprint density at radius 1 is 1.32 bits per heavy atom. The van der Waals surface area contributed by atoms with Gasteiger partial charge in [-0.25, -0.2) is 0 Å². The Kier molecular flexibility index (Phi) is 4.48. The molecule has 0 aromatic carbocycles. The van der Waals surface area contributed by atoms with E-state index in [-0.39, 0.29) is 17.6 Å². The first-order valence-corrected chi connectivity index (χ1v) is 9.67. The third-order valence-corrected chi connectivity index (χ3v) is 6.18. The second-order valence-electron chi connectivity index (χ2n) is 6.73. The molecule has 6 heteroatoms. The molecule has 1 aliphatic carbocycles. The number of morpholine rings is 1. The van der Waals surface area contributed by atoms with Crippen LogP contribution in [0.4, 0.5) is 0 Å². The van der Waals surface area contributed by atoms with Crippen molar-refractivity contribution in [3.05, 3.63) is 45.9 Å². The molecule has 132 valence electrons. The van der Waals surface area contributed by atoms with Gasteiger partial charge in [0.15, 0.2) is 5.78 Å². The predicted molar refractivity (Wildman–Crippen MR) is 96.1 cm³/mol. The minimum atomic E-state index is -0.433. The molecule has 2 atom stereocenters. The number of amides is 1. The number of hydrogen-bond acceptors (Lipinski definition) is 5. The van der Waals surface area contributed by atoms with Crippen LogP contribution in [0.5, 0.6) is 0 Å². The third kappa shape index (κ3) is 2.93. The molecular formula is C19H22N2O3S. The number of thiophene rings is 1. The molecule has 3 heterocycles. The Balaban J connectivity index is 1.76. The summed E-state index contributed by atoms with van der Waals surface area (Å²) in [7, 11) is 0. The second kappa shape index (κ2) is 6.77. The van der Waals surface area contributed by atoms with E-state index in [9.17, 15) is 9.59 Å². The summed E-state index contributed by atoms with van der Waals surface area (Å²) in [4.78, 5) is 28.9. The highest BCUT2D eigenvalue weighted by molar-refractivity contribution is 7.10. The first-order chi connectivity index (χ1) is 12.2. The average molecular weight is 358 g/mol. The van der Waals surface area contributed by atoms with E-state index < -0.39 is 5.92 Å². The van der Waals surface area contributed by atoms with Crippen molar-refractivity contribution in [2.75, 3.05) is 26.3 Å². The van der Waals surface area contributed by atoms with Gasteiger partial charge in [0, 0.05) is 47.3 Å². The van der Waals surface area contributed by atoms with Gasteiger partial charge in [-0.05, 0) is 24.3 Å². The van der Waals surface area contributed by atoms with Crippen molar-refractivity contribution >= 4 is 23.0 Å². The van der Waals surface area contributed by atoms with E-state index in [4.69, 9.17) is 4.74 Å². The molecular weight excluding hydrogens is 336 g/mol. The molecule has 0 bridgehead atoms. The molecule has 1 amide bonds. The van der Waals surface area contributed by atoms with E-state index in [2.05, 4.69) is 11.9 Å². The highest BCUT2D eigenvalue weighted by atomic mass is 32.1. The number of Topliss-reactive ketones (excluding diaryl/α,β-unsaturated/α-hetero) is 1. The van der Waals surface area contributed by atoms with Gasteiger partial charge in [-0.2, -0.15) is 0 Å². The standard InChI is InChI=1S/C19H22N2O3S/c1-12-16(19(23)21-7-9-24-10-8-21)18(15-6-3-11-25-15)17-13(20-12)4-2-5-14(17)22/h3,6,11,16,18,20H,1-2,4-5,7-10H2. The molecule has 1 saturated heterocycles. The van der Waals surface area contributed by atoms with Crippen LogP contribution in [0.3, 0.4) is 0 Å². The van der Waals surface area contributed by atoms with E-state index >= 15 is 0 Å². The Hall–Kier alpha value is -1.92. The molecule has 1 N–H and O–H groups in total. The number of carbonyl (C=O) groups excluding carboxylic acids is 2. The molecule has 2 aliphatic heterocycles. The van der Waals surface area contributed by atoms with Crippen molar-refractivity contribution in [1.82, 2.24) is 10.2 Å². The van der Waals surface area contributed by atoms with Gasteiger partial charge >= 0.3 is 0 Å². The first-order valence-electron chi connectivity index (χ1n) is 8.79. The minimum absolute atomic E-state index is 0.0455. The lowest BCUT2D eigenvalue weighted by molar-refractivity contribution is -0.139. The van der Waals surface area contributed by atoms with Gasteiger partial charge in [0.2, 0.25) is 5.91 Å². The van der Waals surface area contributed by atoms with Crippen molar-refractivity contribution in [1.29, 1.82) is 0 Å². The zero-order valence-electron chi connectivity index (χ0n) is 14.1. The lowest BCUT2D eigenvalue weighted by Crippen LogP contribution is -2.49. The van der Waals surface area contributed by atoms with Crippen LogP contribution in [0.15, 0.2) is 41.1 Å². The quantitative estimate of drug-likeness (QED) is 0.882. The van der Waals surface area contributed by atoms with E-state index in [1.54, 1.807) is 11.3 Å². The van der Waals surface area contributed by atoms with Gasteiger partial charge in [-0.15, -0.1) is 11.3 Å². The third-order valence-electron chi connectivity index (χ3n) is 5.23. The molecule has 1 aromatic rings. The molecule has 0 radical (unpaired) electrons. The van der Waals surface area contributed by atoms with Crippen LogP contribution < -0.4 is 5.32 Å². The van der Waals surface area contributed by atoms with Crippen LogP contribution >= 0.6 is 11.3 Å². The van der Waals surface area contributed by atoms with Crippen LogP contribution in [0.2, 0.25) is 0 Å². The lowest BCUT2D eigenvalue weighted by atomic mass is 9.73. The van der Waals surface area contributed by atoms with Crippen molar-refractivity contribution in [2.24, 2.45) is 5.92 Å². The number of nitrogens with zero attached hydrogens (tertiary/aromatic N) is 1. The van der Waals surface area contributed by atoms with Gasteiger partial charge in [-0.3, -0.25) is 9.59 Å². The number of nitrogens with one attached hydrogen (secondary N) is 1. The smallest absolute Gasteiger partial charge is 0.232 e. The molecule has 0 spiro atoms. The minimum Gasteiger partial charge on any atom is -0.378 e. The van der Waals surface area contributed by atoms with Crippen molar-refractivity contribution < 1.29 is 14.3 Å². The fourth-order valence-electron chi connectivity index (χ4n) is 4.04. The van der Waals surface area contributed by atoms with Gasteiger partial charge in [0.25, 0.3) is 0 Å². The topological polar surface area (TPSA) is 58.6 Å². The molecule has 4 rings (SSSR count). The van der Waals surface area contributed by atoms with Gasteiger partial charge in [0.05, 0.1) is 19.1 Å². The van der Waals surface area contributed by atoms with Crippen molar-refractivity contribution in [3.8, 4) is 0 Å². The lowest BCUT2D eigenvalue weighted by Gasteiger charge is -2.40. The summed E-state index contributed by atoms with van der Waals surface area (Å²) in [5.41, 5.74) is 2.47. The summed E-state index contributed by atoms with van der Waals surface area (Å²) in [5.74, 6) is -0.437. The molecule has 0 saturated carbocycles. The Morgan fingerprint density at radius 3 is 2.84 bits per heavy atom. The summed E-state index contributed by atoms with van der Waals surface area (Å²) in [6.45, 7) is 6.48. The maximum absolute atomic E-state index is 13.3. The number of ketones is 1. The summed E-state index contributed by atoms with van der Waals surface area (Å²) in [6, 6.07) is 4.01. The molecule has 3 aliphatic rings. The molecule has 2 unspecified atom stereocenters. The van der Waals surface area contributed by atoms with E-state index in [1.165, 1.54) is 0 Å². The molecule has 5 nitrogen and oxygen atoms in total. The SMILES string of the molecule is C=C1NC2=C(C(=O)CCC2)C(c2cccs2)C1C(=O)N1CCOCC1. The molecule has 25 heavy (non-hydrogen) atoms. The average Bonchev–Trinajstić information content (AvgIpc) is 3.15. The second-order valence-corrected chi connectivity index (χ2v) is 7.71. The Morgan fingerprint density at radius 2 is 2.12 bits per heavy atom. The summed E-state index contributed by atoms with van der Waals surface area (Å²) in [6.07, 6.45) is 2.27. The number of carbonyl (C=O) groups is 2. The Labute approximate surface area is 151 Å². The van der Waals surface area contributed by atoms with Gasteiger partial charge in [-0.1, -0.05) is 12.6 Å². The van der Waals surface area contributed by atoms with Crippen molar-refractivity contribution in [2.45, 2.75) is 25.2 Å². The van der Waals surface area contributed by atoms with Crippen LogP contribution in [0.1, 0.15) is 30.1 Å². The summed E-state index contributed by atoms with van der Waals surface area (Å²) in [5, 5.41) is 5.30. The number of hydrogen-bond donors (Lipinski definition) is 1. The van der Waals surface area contributed by atoms with E-state index in [0.717, 1.165) is 29.0 Å². The van der Waals surface area contributed by atoms with E-state index in [0.29, 0.717) is 38.4 Å². The van der Waals surface area contributed by atoms with Crippen LogP contribution in [0.25, 0.3) is 0 Å². The highest BCUT2D eigenvalue weighted by Gasteiger charge is 2.44. The first kappa shape index (κ1) is 16.5. The van der Waals surface area contributed by atoms with E-state index in [1.807, 2.05) is 22.4 Å². The summed E-state index contributed by atoms with van der Waals surface area (Å²) < 4.78 is 5.37. The van der Waals surface area contributed by atoms with Gasteiger partial charge < -0.3 is 15.0 Å². The van der Waals surface area contributed by atoms with Crippen LogP contribution in [-0.4, -0.2) is 42.9 Å². The highest BCUT2D eigenvalue weighted by Crippen LogP contribution is 2.45. The fourth-order valence-corrected chi connectivity index (χ4v) is 4.91. The zero-order valence-corrected chi connectivity index (χ0v) is 14.9. The maximum atomic E-state index is 13.3. The Bertz CT molecular complexity index is 732. The normalized spacial score (nSPS) is 27.1. The largest absolute Gasteiger partial charge is 0.378 e. The number of ether oxygens (including phenoxy) is 1. The predicted octanol–water partition coefficient (Wildman–Crippen LogP) is 2.43. The monoisotopic (exact) mass is 358 g/mol. The summed E-state index contributed by atoms with van der Waals surface area (Å²) >= 11 is 1.61. The van der Waals surface area contributed by atoms with Crippen LogP contribution in [0, 0.1) is 5.92 Å². The molecule has 1 fully saturated rings. The van der Waals surface area contributed by atoms with Gasteiger partial charge in [0.1, 0.15) is 0 Å². The maximum Gasteiger partial charge on any atom is 0.232 e. The van der Waals surface area contributed by atoms with Crippen LogP contribution in [-0.2, 0) is 14.3 Å². The number of rotatable bonds is 2. The fraction of sp³-hybridized carbons (Fsp3) is 0.474. The number of allylic oxidation sites excluding steroid dienone is 2. The molecule has 1 aromatic heterocycles. The van der Waals surface area contributed by atoms with Crippen molar-refractivity contribution in [3.63, 3.8) is 0 Å².